The van der Waals surface area contributed by atoms with Gasteiger partial charge in [-0.1, -0.05) is 25.9 Å². The van der Waals surface area contributed by atoms with Crippen molar-refractivity contribution in [1.29, 1.82) is 0 Å². The smallest absolute Gasteiger partial charge is 0.138 e. The van der Waals surface area contributed by atoms with Crippen LogP contribution in [0.1, 0.15) is 33.6 Å². The zero-order valence-electron chi connectivity index (χ0n) is 8.59. The maximum Gasteiger partial charge on any atom is 0.138 e. The van der Waals surface area contributed by atoms with Crippen molar-refractivity contribution in [2.24, 2.45) is 16.3 Å². The molecule has 0 saturated heterocycles. The molecule has 0 fully saturated rings. The van der Waals surface area contributed by atoms with E-state index in [0.717, 1.165) is 6.42 Å². The van der Waals surface area contributed by atoms with Gasteiger partial charge in [-0.15, -0.1) is 0 Å². The molecule has 0 aliphatic heterocycles. The molecular weight excluding hydrogens is 171 g/mol. The summed E-state index contributed by atoms with van der Waals surface area (Å²) in [6.07, 6.45) is -0.0327. The van der Waals surface area contributed by atoms with Gasteiger partial charge >= 0.3 is 0 Å². The van der Waals surface area contributed by atoms with Crippen LogP contribution in [0.3, 0.4) is 0 Å². The van der Waals surface area contributed by atoms with Gasteiger partial charge in [0.15, 0.2) is 0 Å². The first-order valence-electron chi connectivity index (χ1n) is 4.57. The van der Waals surface area contributed by atoms with E-state index in [1.54, 1.807) is 0 Å². The highest BCUT2D eigenvalue weighted by atomic mass is 19.1. The predicted octanol–water partition coefficient (Wildman–Crippen LogP) is 2.24. The molecule has 13 heavy (non-hydrogen) atoms. The Kier molecular flexibility index (Phi) is 5.06. The Bertz CT molecular complexity index is 156. The van der Waals surface area contributed by atoms with Crippen LogP contribution in [0.2, 0.25) is 0 Å². The zero-order valence-corrected chi connectivity index (χ0v) is 8.59. The molecular formula is C9H19FN2O. The molecule has 0 heterocycles. The molecule has 2 N–H and O–H groups in total. The Morgan fingerprint density at radius 2 is 2.00 bits per heavy atom. The third-order valence-corrected chi connectivity index (χ3v) is 1.97. The second-order valence-corrected chi connectivity index (χ2v) is 4.52. The van der Waals surface area contributed by atoms with Gasteiger partial charge in [-0.3, -0.25) is 0 Å². The Labute approximate surface area is 78.9 Å². The summed E-state index contributed by atoms with van der Waals surface area (Å²) in [4.78, 5) is 10.3. The molecule has 0 aromatic carbocycles. The molecule has 0 unspecified atom stereocenters. The lowest BCUT2D eigenvalue weighted by Crippen LogP contribution is -2.28. The van der Waals surface area contributed by atoms with Crippen LogP contribution in [0.25, 0.3) is 0 Å². The lowest BCUT2D eigenvalue weighted by molar-refractivity contribution is 0.252. The monoisotopic (exact) mass is 190 g/mol. The van der Waals surface area contributed by atoms with E-state index >= 15 is 0 Å². The van der Waals surface area contributed by atoms with Gasteiger partial charge in [-0.25, -0.2) is 4.39 Å². The fourth-order valence-electron chi connectivity index (χ4n) is 1.04. The molecule has 3 nitrogen and oxygen atoms in total. The van der Waals surface area contributed by atoms with Crippen molar-refractivity contribution in [3.05, 3.63) is 4.91 Å². The van der Waals surface area contributed by atoms with Crippen LogP contribution in [0.4, 0.5) is 4.39 Å². The third kappa shape index (κ3) is 5.69. The first-order chi connectivity index (χ1) is 5.90. The number of halogens is 1. The second kappa shape index (κ2) is 5.27. The van der Waals surface area contributed by atoms with Gasteiger partial charge in [0.05, 0.1) is 0 Å². The highest BCUT2D eigenvalue weighted by Crippen LogP contribution is 2.23. The van der Waals surface area contributed by atoms with Crippen molar-refractivity contribution in [1.82, 2.24) is 0 Å². The molecule has 0 aliphatic rings. The molecule has 0 aromatic heterocycles. The first-order valence-corrected chi connectivity index (χ1v) is 4.57. The minimum atomic E-state index is -1.29. The van der Waals surface area contributed by atoms with Gasteiger partial charge in [0, 0.05) is 6.54 Å². The molecule has 0 amide bonds. The molecule has 2 atom stereocenters. The number of hydrogen-bond acceptors (Lipinski definition) is 3. The highest BCUT2D eigenvalue weighted by molar-refractivity contribution is 4.78. The van der Waals surface area contributed by atoms with Crippen LogP contribution in [-0.2, 0) is 0 Å². The van der Waals surface area contributed by atoms with Crippen LogP contribution in [0.5, 0.6) is 0 Å². The normalized spacial score (nSPS) is 16.7. The SMILES string of the molecule is CC(C)(C)CC[C@@H](N=O)[C@@H](F)CN. The van der Waals surface area contributed by atoms with Crippen LogP contribution in [0.15, 0.2) is 5.18 Å². The number of hydrogen-bond donors (Lipinski definition) is 1. The zero-order chi connectivity index (χ0) is 10.5. The summed E-state index contributed by atoms with van der Waals surface area (Å²) in [7, 11) is 0. The van der Waals surface area contributed by atoms with Crippen molar-refractivity contribution in [3.63, 3.8) is 0 Å². The van der Waals surface area contributed by atoms with Crippen molar-refractivity contribution < 1.29 is 4.39 Å². The summed E-state index contributed by atoms with van der Waals surface area (Å²) in [6.45, 7) is 6.01. The molecule has 0 radical (unpaired) electrons. The first kappa shape index (κ1) is 12.5. The van der Waals surface area contributed by atoms with Gasteiger partial charge in [0.1, 0.15) is 12.2 Å². The third-order valence-electron chi connectivity index (χ3n) is 1.97. The van der Waals surface area contributed by atoms with Crippen LogP contribution < -0.4 is 5.73 Å². The lowest BCUT2D eigenvalue weighted by atomic mass is 9.88. The summed E-state index contributed by atoms with van der Waals surface area (Å²) >= 11 is 0. The summed E-state index contributed by atoms with van der Waals surface area (Å²) < 4.78 is 13.0. The van der Waals surface area contributed by atoms with E-state index in [1.807, 2.05) is 20.8 Å². The van der Waals surface area contributed by atoms with E-state index in [-0.39, 0.29) is 12.0 Å². The van der Waals surface area contributed by atoms with Crippen LogP contribution in [0, 0.1) is 10.3 Å². The molecule has 0 spiro atoms. The molecule has 4 heteroatoms. The van der Waals surface area contributed by atoms with E-state index in [9.17, 15) is 9.30 Å². The Morgan fingerprint density at radius 3 is 2.31 bits per heavy atom. The Balaban J connectivity index is 3.92. The fourth-order valence-corrected chi connectivity index (χ4v) is 1.04. The van der Waals surface area contributed by atoms with Gasteiger partial charge in [0.25, 0.3) is 0 Å². The minimum Gasteiger partial charge on any atom is -0.328 e. The minimum absolute atomic E-state index is 0.108. The summed E-state index contributed by atoms with van der Waals surface area (Å²) in [5.74, 6) is 0. The van der Waals surface area contributed by atoms with Gasteiger partial charge < -0.3 is 5.73 Å². The largest absolute Gasteiger partial charge is 0.328 e. The summed E-state index contributed by atoms with van der Waals surface area (Å²) in [5.41, 5.74) is 5.22. The average Bonchev–Trinajstić information content (AvgIpc) is 2.03. The van der Waals surface area contributed by atoms with Crippen molar-refractivity contribution >= 4 is 0 Å². The fraction of sp³-hybridized carbons (Fsp3) is 1.00. The number of rotatable bonds is 5. The van der Waals surface area contributed by atoms with Gasteiger partial charge in [-0.2, -0.15) is 4.91 Å². The highest BCUT2D eigenvalue weighted by Gasteiger charge is 2.22. The lowest BCUT2D eigenvalue weighted by Gasteiger charge is -2.20. The van der Waals surface area contributed by atoms with E-state index < -0.39 is 12.2 Å². The maximum atomic E-state index is 13.0. The topological polar surface area (TPSA) is 55.5 Å². The predicted molar refractivity (Wildman–Crippen MR) is 52.2 cm³/mol. The van der Waals surface area contributed by atoms with Crippen molar-refractivity contribution in [2.45, 2.75) is 45.8 Å². The molecule has 0 rings (SSSR count). The number of nitrogens with zero attached hydrogens (tertiary/aromatic N) is 1. The van der Waals surface area contributed by atoms with Crippen LogP contribution in [-0.4, -0.2) is 18.8 Å². The van der Waals surface area contributed by atoms with E-state index in [4.69, 9.17) is 5.73 Å². The Morgan fingerprint density at radius 1 is 1.46 bits per heavy atom. The van der Waals surface area contributed by atoms with Crippen molar-refractivity contribution in [2.75, 3.05) is 6.54 Å². The van der Waals surface area contributed by atoms with E-state index in [0.29, 0.717) is 6.42 Å². The molecule has 0 aliphatic carbocycles. The second-order valence-electron chi connectivity index (χ2n) is 4.52. The van der Waals surface area contributed by atoms with Crippen molar-refractivity contribution in [3.8, 4) is 0 Å². The maximum absolute atomic E-state index is 13.0. The summed E-state index contributed by atoms with van der Waals surface area (Å²) in [5, 5.41) is 2.76. The molecule has 78 valence electrons. The molecule has 0 bridgehead atoms. The van der Waals surface area contributed by atoms with Gasteiger partial charge in [0.2, 0.25) is 0 Å². The Hall–Kier alpha value is -0.510. The number of alkyl halides is 1. The van der Waals surface area contributed by atoms with E-state index in [1.165, 1.54) is 0 Å². The van der Waals surface area contributed by atoms with Gasteiger partial charge in [-0.05, 0) is 18.3 Å². The number of nitroso groups, excluding NO2 is 1. The molecule has 0 saturated carbocycles. The summed E-state index contributed by atoms with van der Waals surface area (Å²) in [6, 6.07) is -0.774. The molecule has 0 aromatic rings. The average molecular weight is 190 g/mol. The number of nitrogens with two attached hydrogens (primary N) is 1. The van der Waals surface area contributed by atoms with Crippen LogP contribution >= 0.6 is 0 Å². The van der Waals surface area contributed by atoms with E-state index in [2.05, 4.69) is 5.18 Å². The quantitative estimate of drug-likeness (QED) is 0.676. The standard InChI is InChI=1S/C9H19FN2O/c1-9(2,3)5-4-8(12-13)7(10)6-11/h7-8H,4-6,11H2,1-3H3/t7-,8+/m0/s1.